The molecule has 88 valence electrons. The summed E-state index contributed by atoms with van der Waals surface area (Å²) in [7, 11) is 0. The molecular weight excluding hydrogens is 212 g/mol. The van der Waals surface area contributed by atoms with Gasteiger partial charge in [0.1, 0.15) is 12.4 Å². The van der Waals surface area contributed by atoms with Crippen molar-refractivity contribution in [1.29, 1.82) is 0 Å². The Bertz CT molecular complexity index is 333. The maximum Gasteiger partial charge on any atom is 0.332 e. The van der Waals surface area contributed by atoms with E-state index in [4.69, 9.17) is 20.1 Å². The van der Waals surface area contributed by atoms with Gasteiger partial charge in [-0.25, -0.2) is 4.79 Å². The van der Waals surface area contributed by atoms with Crippen LogP contribution in [-0.4, -0.2) is 40.6 Å². The van der Waals surface area contributed by atoms with Crippen molar-refractivity contribution < 1.29 is 24.9 Å². The van der Waals surface area contributed by atoms with Gasteiger partial charge >= 0.3 is 5.97 Å². The van der Waals surface area contributed by atoms with E-state index < -0.39 is 12.1 Å². The van der Waals surface area contributed by atoms with Gasteiger partial charge in [-0.1, -0.05) is 12.1 Å². The third-order valence-electron chi connectivity index (χ3n) is 2.00. The maximum atomic E-state index is 10.4. The molecule has 16 heavy (non-hydrogen) atoms. The van der Waals surface area contributed by atoms with Crippen molar-refractivity contribution in [3.05, 3.63) is 29.8 Å². The molecule has 1 aromatic carbocycles. The normalized spacial score (nSPS) is 12.1. The highest BCUT2D eigenvalue weighted by molar-refractivity contribution is 5.72. The van der Waals surface area contributed by atoms with Gasteiger partial charge < -0.3 is 20.1 Å². The standard InChI is InChI=1S/C11H14O5/c12-5-6-16-9-3-1-8(2-4-9)7-10(13)11(14)15/h1-4,10,12-13H,5-7H2,(H,14,15)/t10-/m1/s1. The molecule has 1 aromatic rings. The van der Waals surface area contributed by atoms with Gasteiger partial charge in [-0.15, -0.1) is 0 Å². The number of ether oxygens (including phenoxy) is 1. The third kappa shape index (κ3) is 3.88. The summed E-state index contributed by atoms with van der Waals surface area (Å²) >= 11 is 0. The number of carboxylic acids is 1. The van der Waals surface area contributed by atoms with Gasteiger partial charge in [0, 0.05) is 6.42 Å². The Labute approximate surface area is 92.9 Å². The highest BCUT2D eigenvalue weighted by Crippen LogP contribution is 2.13. The van der Waals surface area contributed by atoms with E-state index >= 15 is 0 Å². The van der Waals surface area contributed by atoms with Gasteiger partial charge in [0.05, 0.1) is 6.61 Å². The Morgan fingerprint density at radius 3 is 2.44 bits per heavy atom. The lowest BCUT2D eigenvalue weighted by Crippen LogP contribution is -2.21. The summed E-state index contributed by atoms with van der Waals surface area (Å²) in [5, 5.41) is 26.2. The molecule has 1 rings (SSSR count). The smallest absolute Gasteiger partial charge is 0.332 e. The van der Waals surface area contributed by atoms with Gasteiger partial charge in [-0.2, -0.15) is 0 Å². The van der Waals surface area contributed by atoms with E-state index in [2.05, 4.69) is 0 Å². The van der Waals surface area contributed by atoms with Crippen molar-refractivity contribution in [3.8, 4) is 5.75 Å². The molecule has 0 aliphatic heterocycles. The lowest BCUT2D eigenvalue weighted by atomic mass is 10.1. The summed E-state index contributed by atoms with van der Waals surface area (Å²) in [6, 6.07) is 6.69. The van der Waals surface area contributed by atoms with Crippen LogP contribution in [0.4, 0.5) is 0 Å². The van der Waals surface area contributed by atoms with Crippen LogP contribution in [0.2, 0.25) is 0 Å². The Hall–Kier alpha value is -1.59. The zero-order valence-electron chi connectivity index (χ0n) is 8.67. The molecule has 3 N–H and O–H groups in total. The van der Waals surface area contributed by atoms with Crippen molar-refractivity contribution in [2.75, 3.05) is 13.2 Å². The number of hydrogen-bond donors (Lipinski definition) is 3. The number of benzene rings is 1. The van der Waals surface area contributed by atoms with Crippen molar-refractivity contribution in [2.45, 2.75) is 12.5 Å². The molecule has 0 amide bonds. The van der Waals surface area contributed by atoms with E-state index in [1.807, 2.05) is 0 Å². The minimum atomic E-state index is -1.38. The largest absolute Gasteiger partial charge is 0.491 e. The fraction of sp³-hybridized carbons (Fsp3) is 0.364. The Kier molecular flexibility index (Phi) is 4.75. The van der Waals surface area contributed by atoms with Crippen LogP contribution in [0, 0.1) is 0 Å². The molecular formula is C11H14O5. The summed E-state index contributed by atoms with van der Waals surface area (Å²) in [5.74, 6) is -0.636. The van der Waals surface area contributed by atoms with Crippen molar-refractivity contribution in [1.82, 2.24) is 0 Å². The monoisotopic (exact) mass is 226 g/mol. The summed E-state index contributed by atoms with van der Waals surface area (Å²) in [4.78, 5) is 10.4. The number of aliphatic hydroxyl groups excluding tert-OH is 2. The molecule has 0 aliphatic rings. The van der Waals surface area contributed by atoms with Crippen LogP contribution >= 0.6 is 0 Å². The quantitative estimate of drug-likeness (QED) is 0.637. The summed E-state index contributed by atoms with van der Waals surface area (Å²) < 4.78 is 5.13. The van der Waals surface area contributed by atoms with E-state index in [1.165, 1.54) is 0 Å². The molecule has 0 radical (unpaired) electrons. The Balaban J connectivity index is 2.54. The van der Waals surface area contributed by atoms with Gasteiger partial charge in [0.2, 0.25) is 0 Å². The first kappa shape index (κ1) is 12.5. The molecule has 0 saturated heterocycles. The molecule has 0 aliphatic carbocycles. The number of aliphatic hydroxyl groups is 2. The van der Waals surface area contributed by atoms with Crippen LogP contribution in [0.5, 0.6) is 5.75 Å². The zero-order chi connectivity index (χ0) is 12.0. The minimum Gasteiger partial charge on any atom is -0.491 e. The zero-order valence-corrected chi connectivity index (χ0v) is 8.67. The molecule has 5 nitrogen and oxygen atoms in total. The lowest BCUT2D eigenvalue weighted by Gasteiger charge is -2.07. The summed E-state index contributed by atoms with van der Waals surface area (Å²) in [5.41, 5.74) is 0.714. The Morgan fingerprint density at radius 1 is 1.31 bits per heavy atom. The van der Waals surface area contributed by atoms with E-state index in [0.29, 0.717) is 11.3 Å². The number of hydrogen-bond acceptors (Lipinski definition) is 4. The maximum absolute atomic E-state index is 10.4. The van der Waals surface area contributed by atoms with Crippen LogP contribution in [-0.2, 0) is 11.2 Å². The third-order valence-corrected chi connectivity index (χ3v) is 2.00. The number of rotatable bonds is 6. The number of carbonyl (C=O) groups is 1. The van der Waals surface area contributed by atoms with E-state index in [-0.39, 0.29) is 19.6 Å². The molecule has 0 aromatic heterocycles. The SMILES string of the molecule is O=C(O)[C@H](O)Cc1ccc(OCCO)cc1. The van der Waals surface area contributed by atoms with Gasteiger partial charge in [-0.05, 0) is 17.7 Å². The van der Waals surface area contributed by atoms with Crippen LogP contribution in [0.1, 0.15) is 5.56 Å². The second-order valence-corrected chi connectivity index (χ2v) is 3.27. The molecule has 0 saturated carbocycles. The van der Waals surface area contributed by atoms with Crippen molar-refractivity contribution in [2.24, 2.45) is 0 Å². The predicted molar refractivity (Wildman–Crippen MR) is 56.4 cm³/mol. The molecule has 0 bridgehead atoms. The van der Waals surface area contributed by atoms with Crippen LogP contribution < -0.4 is 4.74 Å². The second kappa shape index (κ2) is 6.09. The second-order valence-electron chi connectivity index (χ2n) is 3.27. The van der Waals surface area contributed by atoms with Gasteiger partial charge in [0.25, 0.3) is 0 Å². The first-order valence-corrected chi connectivity index (χ1v) is 4.87. The lowest BCUT2D eigenvalue weighted by molar-refractivity contribution is -0.146. The summed E-state index contributed by atoms with van der Waals surface area (Å²) in [6.45, 7) is 0.163. The van der Waals surface area contributed by atoms with Gasteiger partial charge in [0.15, 0.2) is 6.10 Å². The fourth-order valence-corrected chi connectivity index (χ4v) is 1.20. The number of aliphatic carboxylic acids is 1. The highest BCUT2D eigenvalue weighted by Gasteiger charge is 2.13. The average molecular weight is 226 g/mol. The first-order chi connectivity index (χ1) is 7.63. The average Bonchev–Trinajstić information content (AvgIpc) is 2.28. The first-order valence-electron chi connectivity index (χ1n) is 4.87. The highest BCUT2D eigenvalue weighted by atomic mass is 16.5. The fourth-order valence-electron chi connectivity index (χ4n) is 1.20. The van der Waals surface area contributed by atoms with E-state index in [0.717, 1.165) is 0 Å². The van der Waals surface area contributed by atoms with Crippen LogP contribution in [0.3, 0.4) is 0 Å². The minimum absolute atomic E-state index is 0.0561. The predicted octanol–water partition coefficient (Wildman–Crippen LogP) is 0.0457. The molecule has 0 unspecified atom stereocenters. The van der Waals surface area contributed by atoms with E-state index in [9.17, 15) is 4.79 Å². The molecule has 1 atom stereocenters. The molecule has 0 spiro atoms. The molecule has 5 heteroatoms. The molecule has 0 heterocycles. The van der Waals surface area contributed by atoms with Gasteiger partial charge in [-0.3, -0.25) is 0 Å². The Morgan fingerprint density at radius 2 is 1.94 bits per heavy atom. The number of carboxylic acid groups (broad SMARTS) is 1. The van der Waals surface area contributed by atoms with Crippen LogP contribution in [0.25, 0.3) is 0 Å². The molecule has 0 fully saturated rings. The van der Waals surface area contributed by atoms with Crippen molar-refractivity contribution in [3.63, 3.8) is 0 Å². The van der Waals surface area contributed by atoms with Crippen LogP contribution in [0.15, 0.2) is 24.3 Å². The van der Waals surface area contributed by atoms with Crippen molar-refractivity contribution >= 4 is 5.97 Å². The summed E-state index contributed by atoms with van der Waals surface area (Å²) in [6.07, 6.45) is -1.32. The topological polar surface area (TPSA) is 87.0 Å². The van der Waals surface area contributed by atoms with E-state index in [1.54, 1.807) is 24.3 Å².